The maximum atomic E-state index is 10.8. The van der Waals surface area contributed by atoms with Gasteiger partial charge in [0.25, 0.3) is 0 Å². The molecule has 6 nitrogen and oxygen atoms in total. The summed E-state index contributed by atoms with van der Waals surface area (Å²) in [6.45, 7) is 2.36. The normalized spacial score (nSPS) is 12.2. The van der Waals surface area contributed by atoms with E-state index >= 15 is 0 Å². The number of halogens is 1. The molecule has 0 spiro atoms. The highest BCUT2D eigenvalue weighted by Crippen LogP contribution is 2.25. The van der Waals surface area contributed by atoms with E-state index in [9.17, 15) is 10.1 Å². The zero-order valence-corrected chi connectivity index (χ0v) is 10.4. The molecular formula is C9H13BrN4O2. The molecule has 0 fully saturated rings. The van der Waals surface area contributed by atoms with Gasteiger partial charge in [0.15, 0.2) is 0 Å². The minimum Gasteiger partial charge on any atom is -0.360 e. The van der Waals surface area contributed by atoms with Crippen molar-refractivity contribution in [2.45, 2.75) is 19.4 Å². The van der Waals surface area contributed by atoms with Crippen LogP contribution in [0.3, 0.4) is 0 Å². The van der Waals surface area contributed by atoms with E-state index in [0.29, 0.717) is 11.0 Å². The third-order valence-electron chi connectivity index (χ3n) is 2.15. The highest BCUT2D eigenvalue weighted by Gasteiger charge is 2.17. The van der Waals surface area contributed by atoms with Gasteiger partial charge in [0.1, 0.15) is 0 Å². The molecule has 0 radical (unpaired) electrons. The molecule has 0 saturated carbocycles. The second kappa shape index (κ2) is 5.76. The van der Waals surface area contributed by atoms with Crippen molar-refractivity contribution in [1.29, 1.82) is 0 Å². The number of nitro groups is 1. The van der Waals surface area contributed by atoms with Crippen molar-refractivity contribution in [3.05, 3.63) is 26.9 Å². The second-order valence-electron chi connectivity index (χ2n) is 3.26. The summed E-state index contributed by atoms with van der Waals surface area (Å²) in [5.41, 5.74) is 5.46. The molecule has 7 heteroatoms. The van der Waals surface area contributed by atoms with E-state index in [2.05, 4.69) is 26.2 Å². The third-order valence-corrected chi connectivity index (χ3v) is 2.58. The summed E-state index contributed by atoms with van der Waals surface area (Å²) >= 11 is 3.15. The molecule has 0 saturated heterocycles. The number of rotatable bonds is 5. The first kappa shape index (κ1) is 12.9. The fourth-order valence-corrected chi connectivity index (χ4v) is 1.52. The van der Waals surface area contributed by atoms with Crippen LogP contribution in [-0.2, 0) is 0 Å². The Labute approximate surface area is 102 Å². The number of pyridine rings is 1. The molecule has 3 N–H and O–H groups in total. The predicted molar refractivity (Wildman–Crippen MR) is 65.3 cm³/mol. The van der Waals surface area contributed by atoms with Crippen molar-refractivity contribution < 1.29 is 4.92 Å². The van der Waals surface area contributed by atoms with Gasteiger partial charge in [0, 0.05) is 29.3 Å². The summed E-state index contributed by atoms with van der Waals surface area (Å²) < 4.78 is 0.575. The molecule has 1 aromatic heterocycles. The van der Waals surface area contributed by atoms with Gasteiger partial charge in [-0.15, -0.1) is 0 Å². The smallest absolute Gasteiger partial charge is 0.312 e. The molecule has 0 aromatic carbocycles. The van der Waals surface area contributed by atoms with Crippen molar-refractivity contribution in [3.63, 3.8) is 0 Å². The Morgan fingerprint density at radius 1 is 1.75 bits per heavy atom. The number of nitrogens with zero attached hydrogens (tertiary/aromatic N) is 2. The summed E-state index contributed by atoms with van der Waals surface area (Å²) in [7, 11) is 0. The Balaban J connectivity index is 2.98. The molecule has 16 heavy (non-hydrogen) atoms. The van der Waals surface area contributed by atoms with Crippen LogP contribution >= 0.6 is 15.9 Å². The molecular weight excluding hydrogens is 276 g/mol. The van der Waals surface area contributed by atoms with Crippen LogP contribution in [0.4, 0.5) is 11.5 Å². The van der Waals surface area contributed by atoms with Gasteiger partial charge in [-0.1, -0.05) is 6.92 Å². The first-order valence-electron chi connectivity index (χ1n) is 4.85. The number of hydrogen-bond donors (Lipinski definition) is 2. The van der Waals surface area contributed by atoms with Crippen LogP contribution in [0, 0.1) is 10.1 Å². The number of nitrogens with one attached hydrogen (secondary N) is 1. The fourth-order valence-electron chi connectivity index (χ4n) is 1.20. The van der Waals surface area contributed by atoms with Gasteiger partial charge in [0.2, 0.25) is 5.82 Å². The quantitative estimate of drug-likeness (QED) is 0.637. The molecule has 0 aliphatic heterocycles. The van der Waals surface area contributed by atoms with Crippen LogP contribution in [0.1, 0.15) is 13.3 Å². The molecule has 0 bridgehead atoms. The standard InChI is InChI=1S/C9H13BrN4O2/c1-2-7(4-11)13-9-8(14(15)16)3-6(10)5-12-9/h3,5,7H,2,4,11H2,1H3,(H,12,13). The fraction of sp³-hybridized carbons (Fsp3) is 0.444. The lowest BCUT2D eigenvalue weighted by Gasteiger charge is -2.14. The number of aromatic nitrogens is 1. The molecule has 1 rings (SSSR count). The zero-order valence-electron chi connectivity index (χ0n) is 8.81. The zero-order chi connectivity index (χ0) is 12.1. The average molecular weight is 289 g/mol. The predicted octanol–water partition coefficient (Wildman–Crippen LogP) is 1.90. The van der Waals surface area contributed by atoms with E-state index in [4.69, 9.17) is 5.73 Å². The van der Waals surface area contributed by atoms with Gasteiger partial charge in [-0.3, -0.25) is 10.1 Å². The van der Waals surface area contributed by atoms with Crippen molar-refractivity contribution in [2.75, 3.05) is 11.9 Å². The van der Waals surface area contributed by atoms with E-state index in [0.717, 1.165) is 6.42 Å². The van der Waals surface area contributed by atoms with E-state index in [1.807, 2.05) is 6.92 Å². The minimum absolute atomic E-state index is 0.00706. The summed E-state index contributed by atoms with van der Waals surface area (Å²) in [5.74, 6) is 0.255. The highest BCUT2D eigenvalue weighted by atomic mass is 79.9. The van der Waals surface area contributed by atoms with Gasteiger partial charge >= 0.3 is 5.69 Å². The summed E-state index contributed by atoms with van der Waals surface area (Å²) in [4.78, 5) is 14.3. The van der Waals surface area contributed by atoms with E-state index in [1.165, 1.54) is 12.3 Å². The summed E-state index contributed by atoms with van der Waals surface area (Å²) in [6.07, 6.45) is 2.30. The molecule has 1 unspecified atom stereocenters. The van der Waals surface area contributed by atoms with Gasteiger partial charge < -0.3 is 11.1 Å². The summed E-state index contributed by atoms with van der Waals surface area (Å²) in [6, 6.07) is 1.41. The van der Waals surface area contributed by atoms with Gasteiger partial charge in [0.05, 0.1) is 4.92 Å². The van der Waals surface area contributed by atoms with Crippen LogP contribution in [-0.4, -0.2) is 22.5 Å². The largest absolute Gasteiger partial charge is 0.360 e. The van der Waals surface area contributed by atoms with Crippen LogP contribution < -0.4 is 11.1 Å². The highest BCUT2D eigenvalue weighted by molar-refractivity contribution is 9.10. The monoisotopic (exact) mass is 288 g/mol. The van der Waals surface area contributed by atoms with E-state index in [-0.39, 0.29) is 17.5 Å². The van der Waals surface area contributed by atoms with E-state index in [1.54, 1.807) is 0 Å². The number of anilines is 1. The lowest BCUT2D eigenvalue weighted by atomic mass is 10.2. The Morgan fingerprint density at radius 3 is 2.94 bits per heavy atom. The van der Waals surface area contributed by atoms with E-state index < -0.39 is 4.92 Å². The van der Waals surface area contributed by atoms with Crippen LogP contribution in [0.25, 0.3) is 0 Å². The molecule has 1 heterocycles. The first-order chi connectivity index (χ1) is 7.58. The maximum absolute atomic E-state index is 10.8. The molecule has 1 aromatic rings. The van der Waals surface area contributed by atoms with Gasteiger partial charge in [-0.2, -0.15) is 0 Å². The van der Waals surface area contributed by atoms with Gasteiger partial charge in [-0.25, -0.2) is 4.98 Å². The lowest BCUT2D eigenvalue weighted by molar-refractivity contribution is -0.384. The SMILES string of the molecule is CCC(CN)Nc1ncc(Br)cc1[N+](=O)[O-]. The molecule has 0 amide bonds. The van der Waals surface area contributed by atoms with Crippen LogP contribution in [0.15, 0.2) is 16.7 Å². The Bertz CT molecular complexity index is 382. The second-order valence-corrected chi connectivity index (χ2v) is 4.18. The van der Waals surface area contributed by atoms with Crippen LogP contribution in [0.5, 0.6) is 0 Å². The minimum atomic E-state index is -0.469. The average Bonchev–Trinajstić information content (AvgIpc) is 2.27. The van der Waals surface area contributed by atoms with Crippen molar-refractivity contribution in [1.82, 2.24) is 4.98 Å². The third kappa shape index (κ3) is 3.14. The lowest BCUT2D eigenvalue weighted by Crippen LogP contribution is -2.28. The van der Waals surface area contributed by atoms with Crippen LogP contribution in [0.2, 0.25) is 0 Å². The summed E-state index contributed by atoms with van der Waals surface area (Å²) in [5, 5.41) is 13.8. The Kier molecular flexibility index (Phi) is 4.63. The van der Waals surface area contributed by atoms with Gasteiger partial charge in [-0.05, 0) is 22.4 Å². The van der Waals surface area contributed by atoms with Crippen molar-refractivity contribution in [2.24, 2.45) is 5.73 Å². The molecule has 88 valence electrons. The molecule has 1 atom stereocenters. The topological polar surface area (TPSA) is 94.1 Å². The number of hydrogen-bond acceptors (Lipinski definition) is 5. The van der Waals surface area contributed by atoms with Crippen molar-refractivity contribution >= 4 is 27.4 Å². The number of nitrogens with two attached hydrogens (primary N) is 1. The first-order valence-corrected chi connectivity index (χ1v) is 5.64. The molecule has 0 aliphatic rings. The molecule has 0 aliphatic carbocycles. The maximum Gasteiger partial charge on any atom is 0.312 e. The van der Waals surface area contributed by atoms with Crippen molar-refractivity contribution in [3.8, 4) is 0 Å². The Hall–Kier alpha value is -1.21. The Morgan fingerprint density at radius 2 is 2.44 bits per heavy atom.